The molecule has 1 unspecified atom stereocenters. The van der Waals surface area contributed by atoms with Crippen LogP contribution in [0.5, 0.6) is 0 Å². The van der Waals surface area contributed by atoms with Crippen LogP contribution in [0, 0.1) is 13.8 Å². The third kappa shape index (κ3) is 1.92. The van der Waals surface area contributed by atoms with Gasteiger partial charge in [0.15, 0.2) is 0 Å². The maximum absolute atomic E-state index is 12.7. The fraction of sp³-hybridized carbons (Fsp3) is 0.500. The Kier molecular flexibility index (Phi) is 3.08. The summed E-state index contributed by atoms with van der Waals surface area (Å²) in [4.78, 5) is 14.6. The first-order valence-electron chi connectivity index (χ1n) is 6.81. The molecule has 106 valence electrons. The van der Waals surface area contributed by atoms with Gasteiger partial charge in [0.2, 0.25) is 0 Å². The highest BCUT2D eigenvalue weighted by atomic mass is 16.5. The quantitative estimate of drug-likeness (QED) is 0.840. The molecule has 0 aromatic carbocycles. The number of amides is 1. The van der Waals surface area contributed by atoms with E-state index in [0.717, 1.165) is 36.4 Å². The average molecular weight is 274 g/mol. The molecular weight excluding hydrogens is 256 g/mol. The number of hydrogen-bond donors (Lipinski definition) is 0. The molecule has 3 heterocycles. The summed E-state index contributed by atoms with van der Waals surface area (Å²) in [5.74, 6) is 0.824. The summed E-state index contributed by atoms with van der Waals surface area (Å²) < 4.78 is 6.86. The van der Waals surface area contributed by atoms with Crippen LogP contribution >= 0.6 is 0 Å². The van der Waals surface area contributed by atoms with E-state index >= 15 is 0 Å². The highest BCUT2D eigenvalue weighted by Crippen LogP contribution is 2.36. The van der Waals surface area contributed by atoms with Gasteiger partial charge in [-0.3, -0.25) is 9.48 Å². The van der Waals surface area contributed by atoms with Crippen LogP contribution in [-0.2, 0) is 7.05 Å². The van der Waals surface area contributed by atoms with Crippen LogP contribution < -0.4 is 0 Å². The Morgan fingerprint density at radius 3 is 2.85 bits per heavy atom. The zero-order valence-electron chi connectivity index (χ0n) is 12.0. The van der Waals surface area contributed by atoms with Crippen LogP contribution in [-0.4, -0.2) is 32.3 Å². The Morgan fingerprint density at radius 2 is 2.25 bits per heavy atom. The Bertz CT molecular complexity index is 624. The van der Waals surface area contributed by atoms with Gasteiger partial charge in [0, 0.05) is 25.4 Å². The predicted molar refractivity (Wildman–Crippen MR) is 72.2 cm³/mol. The first kappa shape index (κ1) is 12.9. The minimum absolute atomic E-state index is 0.0208. The van der Waals surface area contributed by atoms with Gasteiger partial charge in [-0.1, -0.05) is 5.16 Å². The monoisotopic (exact) mass is 274 g/mol. The van der Waals surface area contributed by atoms with Gasteiger partial charge in [-0.25, -0.2) is 0 Å². The standard InChI is InChI=1S/C14H18N4O2/c1-9-13(10(2)20-16-9)11-5-4-8-18(11)14(19)12-6-7-15-17(12)3/h6-7,11H,4-5,8H2,1-3H3. The first-order valence-corrected chi connectivity index (χ1v) is 6.81. The lowest BCUT2D eigenvalue weighted by Gasteiger charge is -2.24. The molecule has 1 fully saturated rings. The Balaban J connectivity index is 1.94. The van der Waals surface area contributed by atoms with Gasteiger partial charge < -0.3 is 9.42 Å². The van der Waals surface area contributed by atoms with Gasteiger partial charge in [0.1, 0.15) is 11.5 Å². The molecule has 6 heteroatoms. The highest BCUT2D eigenvalue weighted by molar-refractivity contribution is 5.93. The minimum atomic E-state index is 0.0208. The second-order valence-corrected chi connectivity index (χ2v) is 5.23. The van der Waals surface area contributed by atoms with Crippen molar-refractivity contribution in [1.29, 1.82) is 0 Å². The van der Waals surface area contributed by atoms with Gasteiger partial charge in [0.05, 0.1) is 11.7 Å². The molecule has 0 N–H and O–H groups in total. The van der Waals surface area contributed by atoms with Crippen molar-refractivity contribution in [2.75, 3.05) is 6.54 Å². The molecule has 1 saturated heterocycles. The molecule has 0 aliphatic carbocycles. The zero-order chi connectivity index (χ0) is 14.3. The lowest BCUT2D eigenvalue weighted by molar-refractivity contribution is 0.0723. The molecule has 6 nitrogen and oxygen atoms in total. The zero-order valence-corrected chi connectivity index (χ0v) is 12.0. The lowest BCUT2D eigenvalue weighted by atomic mass is 10.0. The van der Waals surface area contributed by atoms with Crippen molar-refractivity contribution in [2.45, 2.75) is 32.7 Å². The van der Waals surface area contributed by atoms with E-state index in [0.29, 0.717) is 5.69 Å². The molecule has 2 aromatic rings. The molecule has 2 aromatic heterocycles. The summed E-state index contributed by atoms with van der Waals surface area (Å²) in [7, 11) is 1.79. The van der Waals surface area contributed by atoms with E-state index in [9.17, 15) is 4.79 Å². The largest absolute Gasteiger partial charge is 0.361 e. The fourth-order valence-corrected chi connectivity index (χ4v) is 3.01. The van der Waals surface area contributed by atoms with E-state index in [2.05, 4.69) is 10.3 Å². The van der Waals surface area contributed by atoms with Crippen LogP contribution in [0.2, 0.25) is 0 Å². The molecule has 20 heavy (non-hydrogen) atoms. The van der Waals surface area contributed by atoms with Crippen LogP contribution in [0.3, 0.4) is 0 Å². The SMILES string of the molecule is Cc1noc(C)c1C1CCCN1C(=O)c1ccnn1C. The van der Waals surface area contributed by atoms with Gasteiger partial charge in [-0.15, -0.1) is 0 Å². The molecule has 0 saturated carbocycles. The van der Waals surface area contributed by atoms with E-state index < -0.39 is 0 Å². The molecule has 3 rings (SSSR count). The molecular formula is C14H18N4O2. The van der Waals surface area contributed by atoms with Gasteiger partial charge in [-0.05, 0) is 32.8 Å². The Morgan fingerprint density at radius 1 is 1.45 bits per heavy atom. The Labute approximate surface area is 117 Å². The maximum atomic E-state index is 12.7. The fourth-order valence-electron chi connectivity index (χ4n) is 3.01. The molecule has 1 aliphatic rings. The van der Waals surface area contributed by atoms with E-state index in [1.165, 1.54) is 0 Å². The predicted octanol–water partition coefficient (Wildman–Crippen LogP) is 2.00. The number of carbonyl (C=O) groups is 1. The summed E-state index contributed by atoms with van der Waals surface area (Å²) >= 11 is 0. The second kappa shape index (κ2) is 4.77. The number of carbonyl (C=O) groups excluding carboxylic acids is 1. The number of likely N-dealkylation sites (tertiary alicyclic amines) is 1. The highest BCUT2D eigenvalue weighted by Gasteiger charge is 2.35. The minimum Gasteiger partial charge on any atom is -0.361 e. The molecule has 0 radical (unpaired) electrons. The van der Waals surface area contributed by atoms with Crippen molar-refractivity contribution in [3.8, 4) is 0 Å². The van der Waals surface area contributed by atoms with Crippen molar-refractivity contribution in [2.24, 2.45) is 7.05 Å². The number of aryl methyl sites for hydroxylation is 3. The summed E-state index contributed by atoms with van der Waals surface area (Å²) in [5, 5.41) is 8.07. The summed E-state index contributed by atoms with van der Waals surface area (Å²) in [6, 6.07) is 1.81. The average Bonchev–Trinajstić information content (AvgIpc) is 3.10. The second-order valence-electron chi connectivity index (χ2n) is 5.23. The van der Waals surface area contributed by atoms with Crippen molar-refractivity contribution in [3.05, 3.63) is 35.0 Å². The molecule has 0 bridgehead atoms. The molecule has 0 spiro atoms. The van der Waals surface area contributed by atoms with Crippen LogP contribution in [0.4, 0.5) is 0 Å². The summed E-state index contributed by atoms with van der Waals surface area (Å²) in [5.41, 5.74) is 2.54. The van der Waals surface area contributed by atoms with E-state index in [1.807, 2.05) is 18.7 Å². The smallest absolute Gasteiger partial charge is 0.272 e. The van der Waals surface area contributed by atoms with Crippen LogP contribution in [0.1, 0.15) is 46.4 Å². The topological polar surface area (TPSA) is 64.2 Å². The van der Waals surface area contributed by atoms with Crippen LogP contribution in [0.15, 0.2) is 16.8 Å². The molecule has 1 aliphatic heterocycles. The third-order valence-corrected chi connectivity index (χ3v) is 3.98. The molecule has 1 atom stereocenters. The number of nitrogens with zero attached hydrogens (tertiary/aromatic N) is 4. The van der Waals surface area contributed by atoms with Gasteiger partial charge in [0.25, 0.3) is 5.91 Å². The van der Waals surface area contributed by atoms with E-state index in [4.69, 9.17) is 4.52 Å². The van der Waals surface area contributed by atoms with Crippen molar-refractivity contribution in [3.63, 3.8) is 0 Å². The third-order valence-electron chi connectivity index (χ3n) is 3.98. The van der Waals surface area contributed by atoms with E-state index in [1.54, 1.807) is 24.0 Å². The number of rotatable bonds is 2. The van der Waals surface area contributed by atoms with E-state index in [-0.39, 0.29) is 11.9 Å². The normalized spacial score (nSPS) is 18.8. The van der Waals surface area contributed by atoms with Crippen molar-refractivity contribution in [1.82, 2.24) is 19.8 Å². The number of hydrogen-bond acceptors (Lipinski definition) is 4. The Hall–Kier alpha value is -2.11. The molecule has 1 amide bonds. The maximum Gasteiger partial charge on any atom is 0.272 e. The first-order chi connectivity index (χ1) is 9.59. The van der Waals surface area contributed by atoms with Gasteiger partial charge in [-0.2, -0.15) is 5.10 Å². The van der Waals surface area contributed by atoms with Crippen molar-refractivity contribution < 1.29 is 9.32 Å². The van der Waals surface area contributed by atoms with Crippen molar-refractivity contribution >= 4 is 5.91 Å². The summed E-state index contributed by atoms with van der Waals surface area (Å²) in [6.45, 7) is 4.59. The van der Waals surface area contributed by atoms with Crippen LogP contribution in [0.25, 0.3) is 0 Å². The lowest BCUT2D eigenvalue weighted by Crippen LogP contribution is -2.32. The summed E-state index contributed by atoms with van der Waals surface area (Å²) in [6.07, 6.45) is 3.60. The number of aromatic nitrogens is 3. The van der Waals surface area contributed by atoms with Gasteiger partial charge >= 0.3 is 0 Å².